The first-order valence-corrected chi connectivity index (χ1v) is 8.59. The van der Waals surface area contributed by atoms with Crippen LogP contribution in [0.3, 0.4) is 0 Å². The van der Waals surface area contributed by atoms with Crippen LogP contribution in [0.5, 0.6) is 0 Å². The molecule has 2 atom stereocenters. The third-order valence-electron chi connectivity index (χ3n) is 4.11. The molecule has 0 spiro atoms. The van der Waals surface area contributed by atoms with Gasteiger partial charge in [0.25, 0.3) is 0 Å². The zero-order valence-electron chi connectivity index (χ0n) is 12.5. The lowest BCUT2D eigenvalue weighted by molar-refractivity contribution is 0.243. The van der Waals surface area contributed by atoms with Crippen molar-refractivity contribution in [2.24, 2.45) is 11.7 Å². The average molecular weight is 296 g/mol. The highest BCUT2D eigenvalue weighted by Gasteiger charge is 2.32. The maximum Gasteiger partial charge on any atom is 0.243 e. The summed E-state index contributed by atoms with van der Waals surface area (Å²) < 4.78 is 27.1. The normalized spacial score (nSPS) is 22.7. The molecule has 0 aromatic heterocycles. The molecule has 0 radical (unpaired) electrons. The molecule has 0 saturated carbocycles. The first kappa shape index (κ1) is 15.5. The molecule has 0 bridgehead atoms. The lowest BCUT2D eigenvalue weighted by Gasteiger charge is -2.34. The van der Waals surface area contributed by atoms with E-state index in [0.29, 0.717) is 18.0 Å². The van der Waals surface area contributed by atoms with Crippen molar-refractivity contribution in [3.05, 3.63) is 29.3 Å². The van der Waals surface area contributed by atoms with Crippen molar-refractivity contribution in [3.8, 4) is 0 Å². The fourth-order valence-corrected chi connectivity index (χ4v) is 4.59. The third kappa shape index (κ3) is 3.05. The van der Waals surface area contributed by atoms with Crippen molar-refractivity contribution in [1.82, 2.24) is 4.31 Å². The Balaban J connectivity index is 2.30. The van der Waals surface area contributed by atoms with Crippen molar-refractivity contribution < 1.29 is 8.42 Å². The fourth-order valence-electron chi connectivity index (χ4n) is 2.85. The van der Waals surface area contributed by atoms with Crippen LogP contribution in [-0.2, 0) is 10.0 Å². The van der Waals surface area contributed by atoms with Gasteiger partial charge in [0.05, 0.1) is 4.90 Å². The second-order valence-corrected chi connectivity index (χ2v) is 7.80. The van der Waals surface area contributed by atoms with Crippen molar-refractivity contribution in [2.75, 3.05) is 13.1 Å². The minimum Gasteiger partial charge on any atom is -0.328 e. The molecule has 2 unspecified atom stereocenters. The van der Waals surface area contributed by atoms with Gasteiger partial charge in [0, 0.05) is 19.1 Å². The van der Waals surface area contributed by atoms with E-state index in [-0.39, 0.29) is 12.0 Å². The third-order valence-corrected chi connectivity index (χ3v) is 6.14. The standard InChI is InChI=1S/C15H24N2O2S/c1-11-6-7-15(12(2)9-11)20(18,19)17-8-4-5-14(10-17)13(3)16/h6-7,9,13-14H,4-5,8,10,16H2,1-3H3. The first-order valence-electron chi connectivity index (χ1n) is 7.15. The number of nitrogens with zero attached hydrogens (tertiary/aromatic N) is 1. The topological polar surface area (TPSA) is 63.4 Å². The van der Waals surface area contributed by atoms with E-state index in [2.05, 4.69) is 0 Å². The van der Waals surface area contributed by atoms with Crippen molar-refractivity contribution in [3.63, 3.8) is 0 Å². The number of rotatable bonds is 3. The number of aryl methyl sites for hydroxylation is 2. The maximum absolute atomic E-state index is 12.8. The van der Waals surface area contributed by atoms with E-state index >= 15 is 0 Å². The quantitative estimate of drug-likeness (QED) is 0.928. The van der Waals surface area contributed by atoms with E-state index in [9.17, 15) is 8.42 Å². The van der Waals surface area contributed by atoms with Crippen LogP contribution in [0.2, 0.25) is 0 Å². The zero-order valence-corrected chi connectivity index (χ0v) is 13.3. The smallest absolute Gasteiger partial charge is 0.243 e. The number of nitrogens with two attached hydrogens (primary N) is 1. The first-order chi connectivity index (χ1) is 9.32. The Bertz CT molecular complexity index is 582. The summed E-state index contributed by atoms with van der Waals surface area (Å²) in [6.45, 7) is 6.91. The molecule has 112 valence electrons. The summed E-state index contributed by atoms with van der Waals surface area (Å²) in [7, 11) is -3.40. The molecule has 5 heteroatoms. The van der Waals surface area contributed by atoms with Crippen LogP contribution in [-0.4, -0.2) is 31.9 Å². The molecule has 1 aliphatic heterocycles. The van der Waals surface area contributed by atoms with Crippen LogP contribution in [0.4, 0.5) is 0 Å². The Morgan fingerprint density at radius 3 is 2.65 bits per heavy atom. The summed E-state index contributed by atoms with van der Waals surface area (Å²) in [6.07, 6.45) is 1.90. The molecule has 1 aromatic rings. The predicted octanol–water partition coefficient (Wildman–Crippen LogP) is 2.05. The van der Waals surface area contributed by atoms with Crippen molar-refractivity contribution in [1.29, 1.82) is 0 Å². The Hall–Kier alpha value is -0.910. The molecule has 1 aromatic carbocycles. The van der Waals surface area contributed by atoms with Crippen LogP contribution < -0.4 is 5.73 Å². The van der Waals surface area contributed by atoms with E-state index in [1.54, 1.807) is 10.4 Å². The van der Waals surface area contributed by atoms with Gasteiger partial charge in [-0.25, -0.2) is 8.42 Å². The monoisotopic (exact) mass is 296 g/mol. The minimum atomic E-state index is -3.40. The number of hydrogen-bond donors (Lipinski definition) is 1. The van der Waals surface area contributed by atoms with E-state index in [4.69, 9.17) is 5.73 Å². The molecule has 2 N–H and O–H groups in total. The number of hydrogen-bond acceptors (Lipinski definition) is 3. The van der Waals surface area contributed by atoms with Crippen LogP contribution in [0.25, 0.3) is 0 Å². The number of benzene rings is 1. The lowest BCUT2D eigenvalue weighted by atomic mass is 9.93. The Morgan fingerprint density at radius 1 is 1.35 bits per heavy atom. The van der Waals surface area contributed by atoms with Crippen molar-refractivity contribution in [2.45, 2.75) is 44.6 Å². The highest BCUT2D eigenvalue weighted by molar-refractivity contribution is 7.89. The van der Waals surface area contributed by atoms with Gasteiger partial charge in [-0.15, -0.1) is 0 Å². The lowest BCUT2D eigenvalue weighted by Crippen LogP contribution is -2.45. The molecule has 20 heavy (non-hydrogen) atoms. The highest BCUT2D eigenvalue weighted by atomic mass is 32.2. The van der Waals surface area contributed by atoms with E-state index < -0.39 is 10.0 Å². The summed E-state index contributed by atoms with van der Waals surface area (Å²) in [6, 6.07) is 5.52. The fraction of sp³-hybridized carbons (Fsp3) is 0.600. The molecule has 1 fully saturated rings. The van der Waals surface area contributed by atoms with E-state index in [0.717, 1.165) is 24.0 Å². The van der Waals surface area contributed by atoms with Gasteiger partial charge in [0.1, 0.15) is 0 Å². The summed E-state index contributed by atoms with van der Waals surface area (Å²) in [4.78, 5) is 0.424. The van der Waals surface area contributed by atoms with Gasteiger partial charge >= 0.3 is 0 Å². The summed E-state index contributed by atoms with van der Waals surface area (Å²) in [5.74, 6) is 0.254. The van der Waals surface area contributed by atoms with E-state index in [1.807, 2.05) is 32.9 Å². The number of piperidine rings is 1. The molecule has 2 rings (SSSR count). The van der Waals surface area contributed by atoms with Gasteiger partial charge in [-0.3, -0.25) is 0 Å². The van der Waals surface area contributed by atoms with Crippen LogP contribution in [0.15, 0.2) is 23.1 Å². The molecule has 0 amide bonds. The van der Waals surface area contributed by atoms with Crippen molar-refractivity contribution >= 4 is 10.0 Å². The SMILES string of the molecule is Cc1ccc(S(=O)(=O)N2CCCC(C(C)N)C2)c(C)c1. The highest BCUT2D eigenvalue weighted by Crippen LogP contribution is 2.27. The molecule has 0 aliphatic carbocycles. The van der Waals surface area contributed by atoms with Gasteiger partial charge < -0.3 is 5.73 Å². The van der Waals surface area contributed by atoms with Gasteiger partial charge in [-0.2, -0.15) is 4.31 Å². The summed E-state index contributed by atoms with van der Waals surface area (Å²) >= 11 is 0. The Morgan fingerprint density at radius 2 is 2.05 bits per heavy atom. The number of sulfonamides is 1. The van der Waals surface area contributed by atoms with Gasteiger partial charge in [0.2, 0.25) is 10.0 Å². The van der Waals surface area contributed by atoms with E-state index in [1.165, 1.54) is 0 Å². The van der Waals surface area contributed by atoms with Gasteiger partial charge in [0.15, 0.2) is 0 Å². The second-order valence-electron chi connectivity index (χ2n) is 5.89. The molecular weight excluding hydrogens is 272 g/mol. The summed E-state index contributed by atoms with van der Waals surface area (Å²) in [5.41, 5.74) is 7.83. The molecule has 1 heterocycles. The van der Waals surface area contributed by atoms with Gasteiger partial charge in [-0.05, 0) is 51.2 Å². The van der Waals surface area contributed by atoms with Crippen LogP contribution in [0, 0.1) is 19.8 Å². The molecular formula is C15H24N2O2S. The maximum atomic E-state index is 12.8. The largest absolute Gasteiger partial charge is 0.328 e. The van der Waals surface area contributed by atoms with Crippen LogP contribution in [0.1, 0.15) is 30.9 Å². The predicted molar refractivity (Wildman–Crippen MR) is 81.0 cm³/mol. The molecule has 4 nitrogen and oxygen atoms in total. The van der Waals surface area contributed by atoms with Crippen LogP contribution >= 0.6 is 0 Å². The second kappa shape index (κ2) is 5.84. The average Bonchev–Trinajstić information content (AvgIpc) is 2.38. The Labute approximate surface area is 122 Å². The Kier molecular flexibility index (Phi) is 4.52. The zero-order chi connectivity index (χ0) is 14.9. The minimum absolute atomic E-state index is 0.0344. The van der Waals surface area contributed by atoms with Gasteiger partial charge in [-0.1, -0.05) is 17.7 Å². The summed E-state index contributed by atoms with van der Waals surface area (Å²) in [5, 5.41) is 0. The molecule has 1 aliphatic rings. The molecule has 1 saturated heterocycles.